The third-order valence-corrected chi connectivity index (χ3v) is 3.90. The molecule has 2 heterocycles. The minimum absolute atomic E-state index is 0.533. The molecule has 2 rings (SSSR count). The molecule has 0 saturated heterocycles. The van der Waals surface area contributed by atoms with Crippen LogP contribution in [-0.4, -0.2) is 9.55 Å². The number of aromatic nitrogens is 2. The smallest absolute Gasteiger partial charge is 0.127 e. The second-order valence-corrected chi connectivity index (χ2v) is 4.95. The summed E-state index contributed by atoms with van der Waals surface area (Å²) in [6.07, 6.45) is 4.74. The first-order valence-electron chi connectivity index (χ1n) is 6.54. The van der Waals surface area contributed by atoms with Crippen LogP contribution in [0.5, 0.6) is 0 Å². The molecule has 0 spiro atoms. The van der Waals surface area contributed by atoms with Crippen LogP contribution < -0.4 is 5.73 Å². The first kappa shape index (κ1) is 11.5. The van der Waals surface area contributed by atoms with Crippen molar-refractivity contribution in [3.8, 4) is 0 Å². The van der Waals surface area contributed by atoms with Gasteiger partial charge in [-0.05, 0) is 25.7 Å². The fourth-order valence-corrected chi connectivity index (χ4v) is 2.77. The number of hydrogen-bond donors (Lipinski definition) is 1. The number of rotatable bonds is 3. The Balaban J connectivity index is 2.41. The topological polar surface area (TPSA) is 43.8 Å². The van der Waals surface area contributed by atoms with Crippen LogP contribution in [0.15, 0.2) is 0 Å². The predicted molar refractivity (Wildman–Crippen MR) is 67.6 cm³/mol. The normalized spacial score (nSPS) is 20.1. The second-order valence-electron chi connectivity index (χ2n) is 4.95. The van der Waals surface area contributed by atoms with Gasteiger partial charge in [0.2, 0.25) is 0 Å². The minimum Gasteiger partial charge on any atom is -0.384 e. The van der Waals surface area contributed by atoms with Crippen LogP contribution in [0.1, 0.15) is 69.8 Å². The van der Waals surface area contributed by atoms with Crippen molar-refractivity contribution < 1.29 is 0 Å². The molecule has 0 aromatic carbocycles. The number of nitrogen functional groups attached to an aromatic ring is 1. The molecule has 1 aliphatic heterocycles. The van der Waals surface area contributed by atoms with Gasteiger partial charge in [0.1, 0.15) is 11.6 Å². The van der Waals surface area contributed by atoms with Crippen molar-refractivity contribution in [3.05, 3.63) is 11.5 Å². The van der Waals surface area contributed by atoms with Gasteiger partial charge in [0, 0.05) is 18.4 Å². The predicted octanol–water partition coefficient (Wildman–Crippen LogP) is 3.27. The number of nitrogens with two attached hydrogens (primary N) is 1. The van der Waals surface area contributed by atoms with E-state index in [-0.39, 0.29) is 0 Å². The van der Waals surface area contributed by atoms with E-state index in [0.717, 1.165) is 30.9 Å². The zero-order valence-corrected chi connectivity index (χ0v) is 10.7. The Labute approximate surface area is 98.1 Å². The Hall–Kier alpha value is -0.990. The number of anilines is 1. The summed E-state index contributed by atoms with van der Waals surface area (Å²) in [4.78, 5) is 4.81. The average molecular weight is 221 g/mol. The maximum atomic E-state index is 6.24. The summed E-state index contributed by atoms with van der Waals surface area (Å²) in [7, 11) is 0. The zero-order valence-electron chi connectivity index (χ0n) is 10.7. The number of hydrogen-bond acceptors (Lipinski definition) is 2. The SMILES string of the molecule is CCC(CC)c1nc2n(c1N)CCCC2C. The van der Waals surface area contributed by atoms with Crippen LogP contribution in [0, 0.1) is 0 Å². The lowest BCUT2D eigenvalue weighted by Crippen LogP contribution is -2.15. The molecule has 0 fully saturated rings. The lowest BCUT2D eigenvalue weighted by Gasteiger charge is -2.20. The molecule has 1 aromatic heterocycles. The van der Waals surface area contributed by atoms with E-state index in [1.807, 2.05) is 0 Å². The molecule has 0 amide bonds. The van der Waals surface area contributed by atoms with E-state index in [2.05, 4.69) is 25.3 Å². The molecule has 0 aliphatic carbocycles. The first-order chi connectivity index (χ1) is 7.69. The standard InChI is InChI=1S/C13H23N3/c1-4-10(5-2)11-12(14)16-8-6-7-9(3)13(16)15-11/h9-10H,4-8,14H2,1-3H3. The minimum atomic E-state index is 0.533. The van der Waals surface area contributed by atoms with E-state index in [0.29, 0.717) is 11.8 Å². The number of fused-ring (bicyclic) bond motifs is 1. The molecule has 1 aliphatic rings. The van der Waals surface area contributed by atoms with Gasteiger partial charge >= 0.3 is 0 Å². The molecule has 3 heteroatoms. The third kappa shape index (κ3) is 1.72. The molecule has 0 saturated carbocycles. The summed E-state index contributed by atoms with van der Waals surface area (Å²) in [5.41, 5.74) is 7.39. The van der Waals surface area contributed by atoms with Crippen LogP contribution in [0.2, 0.25) is 0 Å². The lowest BCUT2D eigenvalue weighted by molar-refractivity contribution is 0.467. The fraction of sp³-hybridized carbons (Fsp3) is 0.769. The molecular formula is C13H23N3. The molecule has 0 radical (unpaired) electrons. The highest BCUT2D eigenvalue weighted by Crippen LogP contribution is 2.34. The summed E-state index contributed by atoms with van der Waals surface area (Å²) >= 11 is 0. The van der Waals surface area contributed by atoms with Gasteiger partial charge in [-0.1, -0.05) is 20.8 Å². The van der Waals surface area contributed by atoms with Crippen LogP contribution >= 0.6 is 0 Å². The molecule has 90 valence electrons. The lowest BCUT2D eigenvalue weighted by atomic mass is 9.99. The molecule has 3 nitrogen and oxygen atoms in total. The molecule has 1 atom stereocenters. The van der Waals surface area contributed by atoms with E-state index in [1.54, 1.807) is 0 Å². The summed E-state index contributed by atoms with van der Waals surface area (Å²) in [5.74, 6) is 3.24. The monoisotopic (exact) mass is 221 g/mol. The van der Waals surface area contributed by atoms with Crippen molar-refractivity contribution in [1.29, 1.82) is 0 Å². The zero-order chi connectivity index (χ0) is 11.7. The Morgan fingerprint density at radius 2 is 2.12 bits per heavy atom. The Bertz CT molecular complexity index is 363. The Morgan fingerprint density at radius 3 is 2.69 bits per heavy atom. The Morgan fingerprint density at radius 1 is 1.44 bits per heavy atom. The Kier molecular flexibility index (Phi) is 3.22. The molecule has 16 heavy (non-hydrogen) atoms. The molecule has 1 unspecified atom stereocenters. The van der Waals surface area contributed by atoms with Crippen molar-refractivity contribution in [2.45, 2.75) is 64.8 Å². The van der Waals surface area contributed by atoms with Crippen LogP contribution in [0.3, 0.4) is 0 Å². The van der Waals surface area contributed by atoms with Crippen molar-refractivity contribution in [2.24, 2.45) is 0 Å². The average Bonchev–Trinajstić information content (AvgIpc) is 2.61. The van der Waals surface area contributed by atoms with E-state index >= 15 is 0 Å². The van der Waals surface area contributed by atoms with E-state index < -0.39 is 0 Å². The van der Waals surface area contributed by atoms with Crippen LogP contribution in [0.25, 0.3) is 0 Å². The van der Waals surface area contributed by atoms with Gasteiger partial charge in [-0.15, -0.1) is 0 Å². The molecule has 1 aromatic rings. The highest BCUT2D eigenvalue weighted by Gasteiger charge is 2.25. The third-order valence-electron chi connectivity index (χ3n) is 3.90. The quantitative estimate of drug-likeness (QED) is 0.851. The van der Waals surface area contributed by atoms with Gasteiger partial charge in [0.25, 0.3) is 0 Å². The van der Waals surface area contributed by atoms with Gasteiger partial charge < -0.3 is 10.3 Å². The largest absolute Gasteiger partial charge is 0.384 e. The highest BCUT2D eigenvalue weighted by atomic mass is 15.2. The van der Waals surface area contributed by atoms with E-state index in [4.69, 9.17) is 10.7 Å². The maximum Gasteiger partial charge on any atom is 0.127 e. The second kappa shape index (κ2) is 4.48. The summed E-state index contributed by atoms with van der Waals surface area (Å²) < 4.78 is 2.24. The van der Waals surface area contributed by atoms with Crippen molar-refractivity contribution in [2.75, 3.05) is 5.73 Å². The maximum absolute atomic E-state index is 6.24. The molecular weight excluding hydrogens is 198 g/mol. The van der Waals surface area contributed by atoms with Gasteiger partial charge in [-0.2, -0.15) is 0 Å². The number of nitrogens with zero attached hydrogens (tertiary/aromatic N) is 2. The van der Waals surface area contributed by atoms with Crippen molar-refractivity contribution >= 4 is 5.82 Å². The first-order valence-corrected chi connectivity index (χ1v) is 6.54. The van der Waals surface area contributed by atoms with Gasteiger partial charge in [-0.3, -0.25) is 0 Å². The van der Waals surface area contributed by atoms with Crippen LogP contribution in [0.4, 0.5) is 5.82 Å². The van der Waals surface area contributed by atoms with Crippen LogP contribution in [-0.2, 0) is 6.54 Å². The van der Waals surface area contributed by atoms with Crippen molar-refractivity contribution in [1.82, 2.24) is 9.55 Å². The molecule has 2 N–H and O–H groups in total. The molecule has 0 bridgehead atoms. The van der Waals surface area contributed by atoms with Gasteiger partial charge in [0.15, 0.2) is 0 Å². The number of imidazole rings is 1. The van der Waals surface area contributed by atoms with E-state index in [9.17, 15) is 0 Å². The summed E-state index contributed by atoms with van der Waals surface area (Å²) in [5, 5.41) is 0. The van der Waals surface area contributed by atoms with Crippen molar-refractivity contribution in [3.63, 3.8) is 0 Å². The van der Waals surface area contributed by atoms with Gasteiger partial charge in [-0.25, -0.2) is 4.98 Å². The van der Waals surface area contributed by atoms with Gasteiger partial charge in [0.05, 0.1) is 5.69 Å². The summed E-state index contributed by atoms with van der Waals surface area (Å²) in [6, 6.07) is 0. The fourth-order valence-electron chi connectivity index (χ4n) is 2.77. The highest BCUT2D eigenvalue weighted by molar-refractivity contribution is 5.41. The summed E-state index contributed by atoms with van der Waals surface area (Å²) in [6.45, 7) is 7.75. The van der Waals surface area contributed by atoms with E-state index in [1.165, 1.54) is 18.7 Å².